The zero-order valence-corrected chi connectivity index (χ0v) is 12.8. The first-order valence-corrected chi connectivity index (χ1v) is 8.24. The second-order valence-electron chi connectivity index (χ2n) is 6.48. The fraction of sp³-hybridized carbons (Fsp3) is 0.556. The minimum Gasteiger partial charge on any atom is -0.342 e. The van der Waals surface area contributed by atoms with Crippen molar-refractivity contribution in [1.29, 1.82) is 0 Å². The quantitative estimate of drug-likeness (QED) is 0.802. The molecule has 1 atom stereocenters. The van der Waals surface area contributed by atoms with E-state index in [0.29, 0.717) is 25.1 Å². The molecule has 2 aliphatic rings. The van der Waals surface area contributed by atoms with Gasteiger partial charge in [0.05, 0.1) is 0 Å². The van der Waals surface area contributed by atoms with E-state index in [4.69, 9.17) is 0 Å². The monoisotopic (exact) mass is 303 g/mol. The molecule has 1 aromatic rings. The molecule has 1 aromatic carbocycles. The highest BCUT2D eigenvalue weighted by atomic mass is 19.1. The maximum atomic E-state index is 12.9. The number of ketones is 1. The Morgan fingerprint density at radius 2 is 1.64 bits per heavy atom. The largest absolute Gasteiger partial charge is 0.342 e. The molecule has 0 unspecified atom stereocenters. The van der Waals surface area contributed by atoms with Gasteiger partial charge in [0.15, 0.2) is 5.78 Å². The third-order valence-corrected chi connectivity index (χ3v) is 4.95. The maximum absolute atomic E-state index is 12.9. The Hall–Kier alpha value is -1.71. The van der Waals surface area contributed by atoms with E-state index < -0.39 is 0 Å². The number of amides is 1. The lowest BCUT2D eigenvalue weighted by Gasteiger charge is -2.26. The predicted molar refractivity (Wildman–Crippen MR) is 82.0 cm³/mol. The van der Waals surface area contributed by atoms with Crippen LogP contribution in [0.2, 0.25) is 0 Å². The Morgan fingerprint density at radius 1 is 0.955 bits per heavy atom. The van der Waals surface area contributed by atoms with Crippen LogP contribution < -0.4 is 0 Å². The number of hydrogen-bond acceptors (Lipinski definition) is 2. The van der Waals surface area contributed by atoms with E-state index >= 15 is 0 Å². The predicted octanol–water partition coefficient (Wildman–Crippen LogP) is 3.44. The highest BCUT2D eigenvalue weighted by Crippen LogP contribution is 2.28. The van der Waals surface area contributed by atoms with E-state index in [1.807, 2.05) is 4.90 Å². The standard InChI is InChI=1S/C18H22FNO2/c19-16-8-6-13(7-9-16)17(21)15-10-11-20(12-15)18(22)14-4-2-1-3-5-14/h6-9,14-15H,1-5,10-12H2/t15-/m1/s1. The van der Waals surface area contributed by atoms with Crippen molar-refractivity contribution < 1.29 is 14.0 Å². The number of rotatable bonds is 3. The van der Waals surface area contributed by atoms with Gasteiger partial charge in [-0.05, 0) is 43.5 Å². The topological polar surface area (TPSA) is 37.4 Å². The molecule has 2 fully saturated rings. The van der Waals surface area contributed by atoms with Gasteiger partial charge < -0.3 is 4.90 Å². The molecule has 3 nitrogen and oxygen atoms in total. The molecule has 0 radical (unpaired) electrons. The number of carbonyl (C=O) groups excluding carboxylic acids is 2. The van der Waals surface area contributed by atoms with Crippen molar-refractivity contribution >= 4 is 11.7 Å². The summed E-state index contributed by atoms with van der Waals surface area (Å²) in [6.45, 7) is 1.19. The average Bonchev–Trinajstić information content (AvgIpc) is 3.05. The zero-order chi connectivity index (χ0) is 15.5. The van der Waals surface area contributed by atoms with Crippen molar-refractivity contribution in [1.82, 2.24) is 4.90 Å². The first-order valence-electron chi connectivity index (χ1n) is 8.24. The Balaban J connectivity index is 1.60. The normalized spacial score (nSPS) is 22.8. The number of Topliss-reactive ketones (excluding diaryl/α,β-unsaturated/α-hetero) is 1. The fourth-order valence-corrected chi connectivity index (χ4v) is 3.63. The lowest BCUT2D eigenvalue weighted by molar-refractivity contribution is -0.135. The van der Waals surface area contributed by atoms with Crippen molar-refractivity contribution in [3.8, 4) is 0 Å². The molecular weight excluding hydrogens is 281 g/mol. The molecule has 0 N–H and O–H groups in total. The summed E-state index contributed by atoms with van der Waals surface area (Å²) in [7, 11) is 0. The smallest absolute Gasteiger partial charge is 0.225 e. The van der Waals surface area contributed by atoms with E-state index in [0.717, 1.165) is 25.7 Å². The van der Waals surface area contributed by atoms with E-state index in [1.165, 1.54) is 30.7 Å². The van der Waals surface area contributed by atoms with Crippen LogP contribution in [0.5, 0.6) is 0 Å². The number of carbonyl (C=O) groups is 2. The van der Waals surface area contributed by atoms with Crippen molar-refractivity contribution in [3.05, 3.63) is 35.6 Å². The third-order valence-electron chi connectivity index (χ3n) is 4.95. The first kappa shape index (κ1) is 15.2. The van der Waals surface area contributed by atoms with Gasteiger partial charge in [0, 0.05) is 30.5 Å². The molecule has 1 aliphatic heterocycles. The highest BCUT2D eigenvalue weighted by Gasteiger charge is 2.34. The average molecular weight is 303 g/mol. The Kier molecular flexibility index (Phi) is 4.55. The van der Waals surface area contributed by atoms with Crippen LogP contribution in [0.4, 0.5) is 4.39 Å². The molecule has 0 spiro atoms. The number of benzene rings is 1. The van der Waals surface area contributed by atoms with Crippen molar-refractivity contribution in [2.45, 2.75) is 38.5 Å². The molecule has 1 saturated carbocycles. The summed E-state index contributed by atoms with van der Waals surface area (Å²) in [6.07, 6.45) is 6.21. The van der Waals surface area contributed by atoms with Crippen molar-refractivity contribution in [2.24, 2.45) is 11.8 Å². The maximum Gasteiger partial charge on any atom is 0.225 e. The molecule has 118 valence electrons. The number of halogens is 1. The summed E-state index contributed by atoms with van der Waals surface area (Å²) in [4.78, 5) is 26.8. The van der Waals surface area contributed by atoms with E-state index in [-0.39, 0.29) is 29.3 Å². The minimum atomic E-state index is -0.336. The van der Waals surface area contributed by atoms with Gasteiger partial charge >= 0.3 is 0 Å². The summed E-state index contributed by atoms with van der Waals surface area (Å²) < 4.78 is 12.9. The van der Waals surface area contributed by atoms with Gasteiger partial charge in [-0.25, -0.2) is 4.39 Å². The second kappa shape index (κ2) is 6.59. The van der Waals surface area contributed by atoms with E-state index in [2.05, 4.69) is 0 Å². The summed E-state index contributed by atoms with van der Waals surface area (Å²) >= 11 is 0. The summed E-state index contributed by atoms with van der Waals surface area (Å²) in [5, 5.41) is 0. The van der Waals surface area contributed by atoms with Crippen LogP contribution in [0.25, 0.3) is 0 Å². The van der Waals surface area contributed by atoms with Gasteiger partial charge in [-0.15, -0.1) is 0 Å². The molecule has 1 heterocycles. The van der Waals surface area contributed by atoms with E-state index in [1.54, 1.807) is 0 Å². The van der Waals surface area contributed by atoms with Gasteiger partial charge in [0.2, 0.25) is 5.91 Å². The third kappa shape index (κ3) is 3.21. The van der Waals surface area contributed by atoms with Gasteiger partial charge in [0.1, 0.15) is 5.82 Å². The number of nitrogens with zero attached hydrogens (tertiary/aromatic N) is 1. The Labute approximate surface area is 130 Å². The van der Waals surface area contributed by atoms with Crippen LogP contribution >= 0.6 is 0 Å². The van der Waals surface area contributed by atoms with Crippen LogP contribution in [-0.4, -0.2) is 29.7 Å². The van der Waals surface area contributed by atoms with Gasteiger partial charge in [-0.3, -0.25) is 9.59 Å². The van der Waals surface area contributed by atoms with Gasteiger partial charge in [-0.2, -0.15) is 0 Å². The molecule has 1 saturated heterocycles. The van der Waals surface area contributed by atoms with Gasteiger partial charge in [-0.1, -0.05) is 19.3 Å². The van der Waals surface area contributed by atoms with Crippen LogP contribution in [-0.2, 0) is 4.79 Å². The summed E-state index contributed by atoms with van der Waals surface area (Å²) in [6, 6.07) is 5.69. The van der Waals surface area contributed by atoms with Crippen molar-refractivity contribution in [3.63, 3.8) is 0 Å². The number of hydrogen-bond donors (Lipinski definition) is 0. The summed E-state index contributed by atoms with van der Waals surface area (Å²) in [5.74, 6) is -0.0588. The molecular formula is C18H22FNO2. The zero-order valence-electron chi connectivity index (χ0n) is 12.8. The minimum absolute atomic E-state index is 0.0268. The molecule has 0 bridgehead atoms. The van der Waals surface area contributed by atoms with Crippen LogP contribution in [0.3, 0.4) is 0 Å². The molecule has 4 heteroatoms. The molecule has 0 aromatic heterocycles. The number of likely N-dealkylation sites (tertiary alicyclic amines) is 1. The van der Waals surface area contributed by atoms with Crippen molar-refractivity contribution in [2.75, 3.05) is 13.1 Å². The van der Waals surface area contributed by atoms with Crippen LogP contribution in [0, 0.1) is 17.7 Å². The van der Waals surface area contributed by atoms with Crippen LogP contribution in [0.1, 0.15) is 48.9 Å². The molecule has 1 aliphatic carbocycles. The molecule has 3 rings (SSSR count). The van der Waals surface area contributed by atoms with Gasteiger partial charge in [0.25, 0.3) is 0 Å². The molecule has 22 heavy (non-hydrogen) atoms. The first-order chi connectivity index (χ1) is 10.6. The Bertz CT molecular complexity index is 549. The lowest BCUT2D eigenvalue weighted by Crippen LogP contribution is -2.36. The fourth-order valence-electron chi connectivity index (χ4n) is 3.63. The Morgan fingerprint density at radius 3 is 2.32 bits per heavy atom. The van der Waals surface area contributed by atoms with E-state index in [9.17, 15) is 14.0 Å². The second-order valence-corrected chi connectivity index (χ2v) is 6.48. The summed E-state index contributed by atoms with van der Waals surface area (Å²) in [5.41, 5.74) is 0.540. The SMILES string of the molecule is O=C(c1ccc(F)cc1)[C@@H]1CCN(C(=O)C2CCCCC2)C1. The molecule has 1 amide bonds. The lowest BCUT2D eigenvalue weighted by atomic mass is 9.88. The van der Waals surface area contributed by atoms with Crippen LogP contribution in [0.15, 0.2) is 24.3 Å². The highest BCUT2D eigenvalue weighted by molar-refractivity contribution is 5.98.